The molecule has 0 N–H and O–H groups in total. The SMILES string of the molecule is CN(CCCN(C)CC(C)(C)S)CC(C)(C)S. The molecule has 0 amide bonds. The van der Waals surface area contributed by atoms with E-state index < -0.39 is 0 Å². The Morgan fingerprint density at radius 1 is 0.765 bits per heavy atom. The third-order valence-corrected chi connectivity index (χ3v) is 2.68. The highest BCUT2D eigenvalue weighted by atomic mass is 32.1. The molecule has 0 saturated carbocycles. The molecule has 2 nitrogen and oxygen atoms in total. The Bertz CT molecular complexity index is 184. The van der Waals surface area contributed by atoms with Crippen molar-refractivity contribution in [2.24, 2.45) is 0 Å². The van der Waals surface area contributed by atoms with Crippen molar-refractivity contribution in [1.29, 1.82) is 0 Å². The second kappa shape index (κ2) is 7.27. The standard InChI is InChI=1S/C13H30N2S2/c1-12(2,16)10-14(5)8-7-9-15(6)11-13(3,4)17/h16-17H,7-11H2,1-6H3. The van der Waals surface area contributed by atoms with Gasteiger partial charge in [-0.15, -0.1) is 0 Å². The van der Waals surface area contributed by atoms with Crippen LogP contribution >= 0.6 is 25.3 Å². The first-order chi connectivity index (χ1) is 7.49. The summed E-state index contributed by atoms with van der Waals surface area (Å²) in [5.41, 5.74) is 0. The van der Waals surface area contributed by atoms with Gasteiger partial charge in [-0.3, -0.25) is 0 Å². The normalized spacial score (nSPS) is 13.8. The predicted octanol–water partition coefficient (Wildman–Crippen LogP) is 2.66. The van der Waals surface area contributed by atoms with Crippen LogP contribution in [-0.4, -0.2) is 59.6 Å². The first-order valence-corrected chi connectivity index (χ1v) is 7.21. The van der Waals surface area contributed by atoms with Gasteiger partial charge in [0.2, 0.25) is 0 Å². The fourth-order valence-corrected chi connectivity index (χ4v) is 2.57. The van der Waals surface area contributed by atoms with Crippen LogP contribution < -0.4 is 0 Å². The third kappa shape index (κ3) is 12.9. The van der Waals surface area contributed by atoms with E-state index in [-0.39, 0.29) is 9.49 Å². The number of nitrogens with zero attached hydrogens (tertiary/aromatic N) is 2. The second-order valence-electron chi connectivity index (χ2n) is 6.45. The molecule has 0 aliphatic carbocycles. The van der Waals surface area contributed by atoms with Gasteiger partial charge >= 0.3 is 0 Å². The molecule has 0 heterocycles. The van der Waals surface area contributed by atoms with E-state index in [1.807, 2.05) is 0 Å². The molecule has 0 rings (SSSR count). The van der Waals surface area contributed by atoms with Crippen molar-refractivity contribution >= 4 is 25.3 Å². The van der Waals surface area contributed by atoms with Crippen molar-refractivity contribution in [1.82, 2.24) is 9.80 Å². The van der Waals surface area contributed by atoms with E-state index in [1.54, 1.807) is 0 Å². The van der Waals surface area contributed by atoms with Crippen LogP contribution in [0.3, 0.4) is 0 Å². The monoisotopic (exact) mass is 278 g/mol. The minimum absolute atomic E-state index is 0.0910. The van der Waals surface area contributed by atoms with Gasteiger partial charge in [0.15, 0.2) is 0 Å². The van der Waals surface area contributed by atoms with Crippen LogP contribution in [0.25, 0.3) is 0 Å². The van der Waals surface area contributed by atoms with Gasteiger partial charge in [-0.2, -0.15) is 25.3 Å². The summed E-state index contributed by atoms with van der Waals surface area (Å²) in [7, 11) is 4.33. The van der Waals surface area contributed by atoms with Gasteiger partial charge < -0.3 is 9.80 Å². The zero-order valence-corrected chi connectivity index (χ0v) is 14.1. The molecule has 0 unspecified atom stereocenters. The number of hydrogen-bond donors (Lipinski definition) is 2. The first kappa shape index (κ1) is 17.6. The van der Waals surface area contributed by atoms with Gasteiger partial charge in [-0.05, 0) is 61.3 Å². The minimum Gasteiger partial charge on any atom is -0.305 e. The lowest BCUT2D eigenvalue weighted by atomic mass is 10.2. The van der Waals surface area contributed by atoms with Gasteiger partial charge in [0, 0.05) is 22.6 Å². The molecule has 0 aliphatic heterocycles. The maximum absolute atomic E-state index is 4.55. The zero-order valence-electron chi connectivity index (χ0n) is 12.3. The van der Waals surface area contributed by atoms with Crippen LogP contribution in [0.5, 0.6) is 0 Å². The first-order valence-electron chi connectivity index (χ1n) is 6.31. The summed E-state index contributed by atoms with van der Waals surface area (Å²) in [6, 6.07) is 0. The fraction of sp³-hybridized carbons (Fsp3) is 1.00. The van der Waals surface area contributed by atoms with Crippen molar-refractivity contribution in [3.05, 3.63) is 0 Å². The Kier molecular flexibility index (Phi) is 7.53. The van der Waals surface area contributed by atoms with E-state index in [9.17, 15) is 0 Å². The maximum atomic E-state index is 4.55. The number of hydrogen-bond acceptors (Lipinski definition) is 4. The molecule has 0 spiro atoms. The van der Waals surface area contributed by atoms with E-state index in [0.717, 1.165) is 26.2 Å². The van der Waals surface area contributed by atoms with Crippen LogP contribution in [0.2, 0.25) is 0 Å². The largest absolute Gasteiger partial charge is 0.305 e. The maximum Gasteiger partial charge on any atom is 0.0200 e. The van der Waals surface area contributed by atoms with Crippen molar-refractivity contribution in [3.8, 4) is 0 Å². The second-order valence-corrected chi connectivity index (χ2v) is 8.88. The summed E-state index contributed by atoms with van der Waals surface area (Å²) in [5, 5.41) is 0. The molecule has 0 radical (unpaired) electrons. The molecule has 0 aromatic carbocycles. The lowest BCUT2D eigenvalue weighted by molar-refractivity contribution is 0.260. The zero-order chi connectivity index (χ0) is 13.7. The molecule has 0 bridgehead atoms. The van der Waals surface area contributed by atoms with Gasteiger partial charge in [0.1, 0.15) is 0 Å². The summed E-state index contributed by atoms with van der Waals surface area (Å²) >= 11 is 9.10. The number of thiol groups is 2. The molecule has 0 saturated heterocycles. The molecule has 0 aromatic heterocycles. The predicted molar refractivity (Wildman–Crippen MR) is 85.7 cm³/mol. The molecule has 4 heteroatoms. The van der Waals surface area contributed by atoms with Crippen molar-refractivity contribution in [2.75, 3.05) is 40.3 Å². The van der Waals surface area contributed by atoms with Crippen LogP contribution in [-0.2, 0) is 0 Å². The smallest absolute Gasteiger partial charge is 0.0200 e. The average Bonchev–Trinajstić information content (AvgIpc) is 1.95. The highest BCUT2D eigenvalue weighted by Crippen LogP contribution is 2.14. The molecule has 0 fully saturated rings. The van der Waals surface area contributed by atoms with E-state index in [0.29, 0.717) is 0 Å². The fourth-order valence-electron chi connectivity index (χ4n) is 2.09. The van der Waals surface area contributed by atoms with Crippen LogP contribution in [0.15, 0.2) is 0 Å². The van der Waals surface area contributed by atoms with Gasteiger partial charge in [-0.1, -0.05) is 0 Å². The van der Waals surface area contributed by atoms with Crippen LogP contribution in [0.1, 0.15) is 34.1 Å². The highest BCUT2D eigenvalue weighted by molar-refractivity contribution is 7.82. The van der Waals surface area contributed by atoms with Gasteiger partial charge in [0.05, 0.1) is 0 Å². The molecule has 104 valence electrons. The molecular weight excluding hydrogens is 248 g/mol. The van der Waals surface area contributed by atoms with Gasteiger partial charge in [-0.25, -0.2) is 0 Å². The van der Waals surface area contributed by atoms with Gasteiger partial charge in [0.25, 0.3) is 0 Å². The molecule has 0 atom stereocenters. The lowest BCUT2D eigenvalue weighted by Crippen LogP contribution is -2.36. The topological polar surface area (TPSA) is 6.48 Å². The van der Waals surface area contributed by atoms with Crippen LogP contribution in [0, 0.1) is 0 Å². The van der Waals surface area contributed by atoms with E-state index >= 15 is 0 Å². The summed E-state index contributed by atoms with van der Waals surface area (Å²) in [4.78, 5) is 4.71. The molecule has 0 aromatic rings. The minimum atomic E-state index is 0.0910. The lowest BCUT2D eigenvalue weighted by Gasteiger charge is -2.28. The summed E-state index contributed by atoms with van der Waals surface area (Å²) in [5.74, 6) is 0. The van der Waals surface area contributed by atoms with E-state index in [4.69, 9.17) is 0 Å². The third-order valence-electron chi connectivity index (χ3n) is 2.39. The summed E-state index contributed by atoms with van der Waals surface area (Å²) < 4.78 is 0.182. The van der Waals surface area contributed by atoms with Crippen molar-refractivity contribution < 1.29 is 0 Å². The Morgan fingerprint density at radius 2 is 1.06 bits per heavy atom. The van der Waals surface area contributed by atoms with E-state index in [1.165, 1.54) is 6.42 Å². The summed E-state index contributed by atoms with van der Waals surface area (Å²) in [6.07, 6.45) is 1.20. The Balaban J connectivity index is 3.70. The Morgan fingerprint density at radius 3 is 1.29 bits per heavy atom. The Labute approximate surface area is 119 Å². The Hall–Kier alpha value is 0.620. The van der Waals surface area contributed by atoms with E-state index in [2.05, 4.69) is 76.8 Å². The quantitative estimate of drug-likeness (QED) is 0.659. The average molecular weight is 279 g/mol. The summed E-state index contributed by atoms with van der Waals surface area (Å²) in [6.45, 7) is 12.9. The molecule has 0 aliphatic rings. The highest BCUT2D eigenvalue weighted by Gasteiger charge is 2.16. The molecule has 17 heavy (non-hydrogen) atoms. The number of rotatable bonds is 8. The van der Waals surface area contributed by atoms with Crippen molar-refractivity contribution in [2.45, 2.75) is 43.6 Å². The van der Waals surface area contributed by atoms with Crippen LogP contribution in [0.4, 0.5) is 0 Å². The van der Waals surface area contributed by atoms with Crippen molar-refractivity contribution in [3.63, 3.8) is 0 Å². The molecular formula is C13H30N2S2.